The van der Waals surface area contributed by atoms with Crippen molar-refractivity contribution < 1.29 is 14.3 Å². The smallest absolute Gasteiger partial charge is 0.255 e. The predicted octanol–water partition coefficient (Wildman–Crippen LogP) is 4.20. The molecular formula is C29H25N5O3. The Morgan fingerprint density at radius 1 is 0.892 bits per heavy atom. The summed E-state index contributed by atoms with van der Waals surface area (Å²) in [4.78, 5) is 31.8. The summed E-state index contributed by atoms with van der Waals surface area (Å²) in [6, 6.07) is 15.7. The van der Waals surface area contributed by atoms with Gasteiger partial charge in [-0.2, -0.15) is 0 Å². The van der Waals surface area contributed by atoms with Crippen molar-refractivity contribution in [2.75, 3.05) is 37.9 Å². The molecule has 0 unspecified atom stereocenters. The summed E-state index contributed by atoms with van der Waals surface area (Å²) in [6.07, 6.45) is 7.29. The molecule has 37 heavy (non-hydrogen) atoms. The molecule has 8 nitrogen and oxygen atoms in total. The second kappa shape index (κ2) is 8.89. The molecule has 2 aromatic heterocycles. The first-order valence-electron chi connectivity index (χ1n) is 12.6. The third-order valence-electron chi connectivity index (χ3n) is 7.30. The van der Waals surface area contributed by atoms with Gasteiger partial charge in [0.15, 0.2) is 11.5 Å². The fourth-order valence-electron chi connectivity index (χ4n) is 5.45. The lowest BCUT2D eigenvalue weighted by Crippen LogP contribution is -2.49. The Balaban J connectivity index is 1.23. The molecule has 0 saturated carbocycles. The summed E-state index contributed by atoms with van der Waals surface area (Å²) < 4.78 is 11.0. The SMILES string of the molecule is O=C(c1c2c(nc3ccccc13)/C(=C/c1ccc3c(c1)OCO3)CC2)N1CCN(c2ncccn2)CC1. The van der Waals surface area contributed by atoms with Crippen molar-refractivity contribution in [3.05, 3.63) is 83.3 Å². The number of rotatable bonds is 3. The number of aromatic nitrogens is 3. The predicted molar refractivity (Wildman–Crippen MR) is 141 cm³/mol. The van der Waals surface area contributed by atoms with E-state index in [1.807, 2.05) is 53.4 Å². The highest BCUT2D eigenvalue weighted by atomic mass is 16.7. The molecule has 2 aromatic carbocycles. The number of ether oxygens (including phenoxy) is 2. The molecule has 1 fully saturated rings. The van der Waals surface area contributed by atoms with Gasteiger partial charge in [0.2, 0.25) is 12.7 Å². The van der Waals surface area contributed by atoms with Crippen LogP contribution in [-0.2, 0) is 6.42 Å². The summed E-state index contributed by atoms with van der Waals surface area (Å²) in [6.45, 7) is 2.92. The molecule has 4 heterocycles. The number of pyridine rings is 1. The minimum atomic E-state index is 0.0767. The number of benzene rings is 2. The topological polar surface area (TPSA) is 80.7 Å². The van der Waals surface area contributed by atoms with Gasteiger partial charge in [0.25, 0.3) is 5.91 Å². The summed E-state index contributed by atoms with van der Waals surface area (Å²) in [5, 5.41) is 0.921. The number of nitrogens with zero attached hydrogens (tertiary/aromatic N) is 5. The van der Waals surface area contributed by atoms with E-state index in [0.717, 1.165) is 63.2 Å². The molecule has 0 radical (unpaired) electrons. The third-order valence-corrected chi connectivity index (χ3v) is 7.30. The van der Waals surface area contributed by atoms with Crippen LogP contribution < -0.4 is 14.4 Å². The van der Waals surface area contributed by atoms with Gasteiger partial charge in [-0.15, -0.1) is 0 Å². The van der Waals surface area contributed by atoms with Gasteiger partial charge in [-0.3, -0.25) is 4.79 Å². The molecule has 8 heteroatoms. The van der Waals surface area contributed by atoms with E-state index in [9.17, 15) is 4.79 Å². The van der Waals surface area contributed by atoms with E-state index in [2.05, 4.69) is 20.9 Å². The molecule has 0 bridgehead atoms. The van der Waals surface area contributed by atoms with Gasteiger partial charge in [-0.05, 0) is 59.9 Å². The highest BCUT2D eigenvalue weighted by molar-refractivity contribution is 6.09. The van der Waals surface area contributed by atoms with Gasteiger partial charge < -0.3 is 19.3 Å². The maximum absolute atomic E-state index is 14.0. The summed E-state index contributed by atoms with van der Waals surface area (Å²) in [5.74, 6) is 2.32. The molecule has 1 amide bonds. The van der Waals surface area contributed by atoms with Crippen LogP contribution in [0.1, 0.15) is 33.6 Å². The van der Waals surface area contributed by atoms with Crippen LogP contribution in [0.25, 0.3) is 22.6 Å². The molecule has 0 N–H and O–H groups in total. The number of amides is 1. The molecule has 184 valence electrons. The van der Waals surface area contributed by atoms with E-state index in [0.29, 0.717) is 32.1 Å². The van der Waals surface area contributed by atoms with Gasteiger partial charge in [0, 0.05) is 44.0 Å². The van der Waals surface area contributed by atoms with Crippen LogP contribution in [0.3, 0.4) is 0 Å². The standard InChI is InChI=1S/C29H25N5O3/c35-28(33-12-14-34(15-13-33)29-30-10-3-11-31-29)26-21-4-1-2-5-23(21)32-27-20(7-8-22(26)27)16-19-6-9-24-25(17-19)37-18-36-24/h1-6,9-11,16-17H,7-8,12-15,18H2/b20-16+. The number of carbonyl (C=O) groups is 1. The van der Waals surface area contributed by atoms with Crippen LogP contribution in [0.2, 0.25) is 0 Å². The minimum Gasteiger partial charge on any atom is -0.454 e. The first-order chi connectivity index (χ1) is 18.2. The highest BCUT2D eigenvalue weighted by Crippen LogP contribution is 2.39. The van der Waals surface area contributed by atoms with Crippen molar-refractivity contribution >= 4 is 34.4 Å². The molecule has 0 spiro atoms. The average Bonchev–Trinajstić information content (AvgIpc) is 3.59. The first kappa shape index (κ1) is 21.8. The average molecular weight is 492 g/mol. The number of hydrogen-bond donors (Lipinski definition) is 0. The second-order valence-corrected chi connectivity index (χ2v) is 9.44. The van der Waals surface area contributed by atoms with Crippen LogP contribution in [0.5, 0.6) is 11.5 Å². The molecule has 7 rings (SSSR count). The summed E-state index contributed by atoms with van der Waals surface area (Å²) in [7, 11) is 0. The van der Waals surface area contributed by atoms with Crippen LogP contribution >= 0.6 is 0 Å². The fraction of sp³-hybridized carbons (Fsp3) is 0.241. The van der Waals surface area contributed by atoms with Crippen molar-refractivity contribution in [1.82, 2.24) is 19.9 Å². The monoisotopic (exact) mass is 491 g/mol. The first-order valence-corrected chi connectivity index (χ1v) is 12.6. The van der Waals surface area contributed by atoms with Gasteiger partial charge in [-0.1, -0.05) is 24.3 Å². The van der Waals surface area contributed by atoms with Gasteiger partial charge in [0.05, 0.1) is 16.8 Å². The maximum atomic E-state index is 14.0. The maximum Gasteiger partial charge on any atom is 0.255 e. The zero-order chi connectivity index (χ0) is 24.8. The van der Waals surface area contributed by atoms with Crippen LogP contribution in [0, 0.1) is 0 Å². The van der Waals surface area contributed by atoms with Crippen molar-refractivity contribution in [2.24, 2.45) is 0 Å². The lowest BCUT2D eigenvalue weighted by atomic mass is 9.99. The Bertz CT molecular complexity index is 1540. The number of para-hydroxylation sites is 1. The third kappa shape index (κ3) is 3.85. The van der Waals surface area contributed by atoms with Gasteiger partial charge in [-0.25, -0.2) is 15.0 Å². The molecule has 3 aliphatic rings. The Labute approximate surface area is 214 Å². The van der Waals surface area contributed by atoms with Crippen molar-refractivity contribution in [2.45, 2.75) is 12.8 Å². The molecular weight excluding hydrogens is 466 g/mol. The Kier molecular flexibility index (Phi) is 5.23. The van der Waals surface area contributed by atoms with Gasteiger partial charge in [0.1, 0.15) is 0 Å². The number of hydrogen-bond acceptors (Lipinski definition) is 7. The number of anilines is 1. The Hall–Kier alpha value is -4.46. The number of fused-ring (bicyclic) bond motifs is 3. The van der Waals surface area contributed by atoms with E-state index in [4.69, 9.17) is 14.5 Å². The quantitative estimate of drug-likeness (QED) is 0.425. The van der Waals surface area contributed by atoms with Crippen LogP contribution in [-0.4, -0.2) is 58.7 Å². The summed E-state index contributed by atoms with van der Waals surface area (Å²) >= 11 is 0. The second-order valence-electron chi connectivity index (χ2n) is 9.44. The summed E-state index contributed by atoms with van der Waals surface area (Å²) in [5.41, 5.74) is 5.79. The van der Waals surface area contributed by atoms with Crippen LogP contribution in [0.4, 0.5) is 5.95 Å². The van der Waals surface area contributed by atoms with Crippen molar-refractivity contribution in [3.63, 3.8) is 0 Å². The Morgan fingerprint density at radius 2 is 1.70 bits per heavy atom. The minimum absolute atomic E-state index is 0.0767. The zero-order valence-electron chi connectivity index (χ0n) is 20.3. The van der Waals surface area contributed by atoms with Gasteiger partial charge >= 0.3 is 0 Å². The number of carbonyl (C=O) groups excluding carboxylic acids is 1. The van der Waals surface area contributed by atoms with Crippen LogP contribution in [0.15, 0.2) is 60.9 Å². The van der Waals surface area contributed by atoms with E-state index in [-0.39, 0.29) is 12.7 Å². The molecule has 1 aliphatic carbocycles. The number of allylic oxidation sites excluding steroid dienone is 1. The number of piperazine rings is 1. The molecule has 4 aromatic rings. The molecule has 2 aliphatic heterocycles. The fourth-order valence-corrected chi connectivity index (χ4v) is 5.45. The van der Waals surface area contributed by atoms with E-state index in [1.165, 1.54) is 0 Å². The largest absolute Gasteiger partial charge is 0.454 e. The highest BCUT2D eigenvalue weighted by Gasteiger charge is 2.31. The molecule has 1 saturated heterocycles. The lowest BCUT2D eigenvalue weighted by Gasteiger charge is -2.35. The van der Waals surface area contributed by atoms with Crippen molar-refractivity contribution in [1.29, 1.82) is 0 Å². The van der Waals surface area contributed by atoms with Crippen molar-refractivity contribution in [3.8, 4) is 11.5 Å². The van der Waals surface area contributed by atoms with E-state index < -0.39 is 0 Å². The van der Waals surface area contributed by atoms with E-state index in [1.54, 1.807) is 12.4 Å². The normalized spacial score (nSPS) is 17.5. The Morgan fingerprint density at radius 3 is 2.57 bits per heavy atom. The lowest BCUT2D eigenvalue weighted by molar-refractivity contribution is 0.0747. The van der Waals surface area contributed by atoms with E-state index >= 15 is 0 Å². The molecule has 0 atom stereocenters. The zero-order valence-corrected chi connectivity index (χ0v) is 20.3.